The zero-order valence-electron chi connectivity index (χ0n) is 17.5. The number of methoxy groups -OCH3 is 1. The number of amides is 1. The molecule has 0 aliphatic heterocycles. The van der Waals surface area contributed by atoms with E-state index in [1.807, 2.05) is 39.8 Å². The van der Waals surface area contributed by atoms with E-state index in [1.54, 1.807) is 31.4 Å². The minimum Gasteiger partial charge on any atom is -0.493 e. The molecular weight excluding hydrogens is 372 g/mol. The Hall–Kier alpha value is -3.22. The number of nitrogens with one attached hydrogen (secondary N) is 2. The summed E-state index contributed by atoms with van der Waals surface area (Å²) < 4.78 is 11.0. The van der Waals surface area contributed by atoms with Gasteiger partial charge in [-0.2, -0.15) is 0 Å². The monoisotopic (exact) mass is 400 g/mol. The van der Waals surface area contributed by atoms with Crippen LogP contribution in [0.2, 0.25) is 0 Å². The Morgan fingerprint density at radius 3 is 2.38 bits per heavy atom. The number of hydrogen-bond acceptors (Lipinski definition) is 5. The third-order valence-electron chi connectivity index (χ3n) is 4.06. The molecule has 0 bridgehead atoms. The Kier molecular flexibility index (Phi) is 7.09. The first-order valence-electron chi connectivity index (χ1n) is 9.27. The number of aryl methyl sites for hydroxylation is 1. The molecule has 156 valence electrons. The lowest BCUT2D eigenvalue weighted by Gasteiger charge is -2.20. The quantitative estimate of drug-likeness (QED) is 0.626. The van der Waals surface area contributed by atoms with Crippen LogP contribution < -0.4 is 20.1 Å². The van der Waals surface area contributed by atoms with Crippen molar-refractivity contribution in [1.82, 2.24) is 5.32 Å². The summed E-state index contributed by atoms with van der Waals surface area (Å²) in [6.07, 6.45) is 0. The standard InChI is InChI=1S/C22H28N2O5/c1-14-10-16(21(26)27)7-8-17(14)23-12-15-6-9-18(19(11-15)28-5)29-13-20(25)24-22(2,3)4/h6-11,23H,12-13H2,1-5H3,(H,24,25)(H,26,27). The molecule has 7 nitrogen and oxygen atoms in total. The largest absolute Gasteiger partial charge is 0.493 e. The summed E-state index contributed by atoms with van der Waals surface area (Å²) in [4.78, 5) is 23.0. The van der Waals surface area contributed by atoms with Gasteiger partial charge in [-0.05, 0) is 69.2 Å². The molecule has 1 amide bonds. The fourth-order valence-corrected chi connectivity index (χ4v) is 2.73. The molecule has 0 aromatic heterocycles. The summed E-state index contributed by atoms with van der Waals surface area (Å²) in [7, 11) is 1.55. The molecule has 0 spiro atoms. The predicted molar refractivity (Wildman–Crippen MR) is 112 cm³/mol. The highest BCUT2D eigenvalue weighted by atomic mass is 16.5. The number of anilines is 1. The Morgan fingerprint density at radius 2 is 1.79 bits per heavy atom. The van der Waals surface area contributed by atoms with Gasteiger partial charge in [-0.25, -0.2) is 4.79 Å². The summed E-state index contributed by atoms with van der Waals surface area (Å²) in [5, 5.41) is 15.2. The van der Waals surface area contributed by atoms with Crippen molar-refractivity contribution in [2.45, 2.75) is 39.8 Å². The van der Waals surface area contributed by atoms with Crippen molar-refractivity contribution in [1.29, 1.82) is 0 Å². The Balaban J connectivity index is 2.01. The zero-order valence-corrected chi connectivity index (χ0v) is 17.5. The van der Waals surface area contributed by atoms with E-state index < -0.39 is 5.97 Å². The number of carbonyl (C=O) groups excluding carboxylic acids is 1. The van der Waals surface area contributed by atoms with Gasteiger partial charge in [-0.1, -0.05) is 6.07 Å². The molecular formula is C22H28N2O5. The lowest BCUT2D eigenvalue weighted by atomic mass is 10.1. The van der Waals surface area contributed by atoms with E-state index in [2.05, 4.69) is 10.6 Å². The molecule has 2 rings (SSSR count). The van der Waals surface area contributed by atoms with Crippen molar-refractivity contribution in [2.75, 3.05) is 19.0 Å². The number of rotatable bonds is 8. The van der Waals surface area contributed by atoms with Gasteiger partial charge in [0.2, 0.25) is 0 Å². The summed E-state index contributed by atoms with van der Waals surface area (Å²) in [5.74, 6) is -0.130. The van der Waals surface area contributed by atoms with E-state index >= 15 is 0 Å². The summed E-state index contributed by atoms with van der Waals surface area (Å²) in [6, 6.07) is 10.4. The molecule has 0 heterocycles. The zero-order chi connectivity index (χ0) is 21.6. The SMILES string of the molecule is COc1cc(CNc2ccc(C(=O)O)cc2C)ccc1OCC(=O)NC(C)(C)C. The van der Waals surface area contributed by atoms with E-state index in [-0.39, 0.29) is 23.6 Å². The van der Waals surface area contributed by atoms with Crippen molar-refractivity contribution in [2.24, 2.45) is 0 Å². The highest BCUT2D eigenvalue weighted by Crippen LogP contribution is 2.28. The van der Waals surface area contributed by atoms with Crippen molar-refractivity contribution < 1.29 is 24.2 Å². The predicted octanol–water partition coefficient (Wildman–Crippen LogP) is 3.61. The minimum absolute atomic E-state index is 0.0969. The molecule has 7 heteroatoms. The normalized spacial score (nSPS) is 10.9. The van der Waals surface area contributed by atoms with E-state index in [1.165, 1.54) is 0 Å². The molecule has 0 atom stereocenters. The maximum Gasteiger partial charge on any atom is 0.335 e. The number of aromatic carboxylic acids is 1. The second kappa shape index (κ2) is 9.32. The molecule has 0 aliphatic rings. The first kappa shape index (κ1) is 22.1. The first-order valence-corrected chi connectivity index (χ1v) is 9.27. The molecule has 29 heavy (non-hydrogen) atoms. The molecule has 0 aliphatic carbocycles. The number of benzene rings is 2. The van der Waals surface area contributed by atoms with E-state index in [4.69, 9.17) is 14.6 Å². The number of carbonyl (C=O) groups is 2. The van der Waals surface area contributed by atoms with Crippen LogP contribution in [0.5, 0.6) is 11.5 Å². The summed E-state index contributed by atoms with van der Waals surface area (Å²) in [5.41, 5.74) is 2.59. The van der Waals surface area contributed by atoms with E-state index in [9.17, 15) is 9.59 Å². The van der Waals surface area contributed by atoms with Gasteiger partial charge in [-0.15, -0.1) is 0 Å². The van der Waals surface area contributed by atoms with Crippen LogP contribution in [0.1, 0.15) is 42.3 Å². The fourth-order valence-electron chi connectivity index (χ4n) is 2.73. The smallest absolute Gasteiger partial charge is 0.335 e. The van der Waals surface area contributed by atoms with Gasteiger partial charge in [0, 0.05) is 17.8 Å². The molecule has 0 fully saturated rings. The maximum absolute atomic E-state index is 11.9. The Labute approximate surface area is 171 Å². The minimum atomic E-state index is -0.948. The van der Waals surface area contributed by atoms with Crippen LogP contribution in [-0.4, -0.2) is 36.2 Å². The molecule has 0 saturated carbocycles. The van der Waals surface area contributed by atoms with Gasteiger partial charge in [0.25, 0.3) is 5.91 Å². The van der Waals surface area contributed by atoms with Gasteiger partial charge in [0.15, 0.2) is 18.1 Å². The highest BCUT2D eigenvalue weighted by Gasteiger charge is 2.15. The molecule has 0 unspecified atom stereocenters. The Bertz CT molecular complexity index is 887. The van der Waals surface area contributed by atoms with Crippen LogP contribution >= 0.6 is 0 Å². The third-order valence-corrected chi connectivity index (χ3v) is 4.06. The summed E-state index contributed by atoms with van der Waals surface area (Å²) >= 11 is 0. The lowest BCUT2D eigenvalue weighted by Crippen LogP contribution is -2.43. The van der Waals surface area contributed by atoms with Crippen LogP contribution in [0, 0.1) is 6.92 Å². The van der Waals surface area contributed by atoms with Crippen molar-refractivity contribution in [3.63, 3.8) is 0 Å². The summed E-state index contributed by atoms with van der Waals surface area (Å²) in [6.45, 7) is 8.00. The number of carboxylic acids is 1. The molecule has 0 radical (unpaired) electrons. The second-order valence-corrected chi connectivity index (χ2v) is 7.76. The fraction of sp³-hybridized carbons (Fsp3) is 0.364. The second-order valence-electron chi connectivity index (χ2n) is 7.76. The van der Waals surface area contributed by atoms with Crippen molar-refractivity contribution >= 4 is 17.6 Å². The van der Waals surface area contributed by atoms with Gasteiger partial charge < -0.3 is 25.2 Å². The topological polar surface area (TPSA) is 96.9 Å². The van der Waals surface area contributed by atoms with Gasteiger partial charge in [0.1, 0.15) is 0 Å². The van der Waals surface area contributed by atoms with Gasteiger partial charge in [-0.3, -0.25) is 4.79 Å². The highest BCUT2D eigenvalue weighted by molar-refractivity contribution is 5.88. The molecule has 2 aromatic rings. The first-order chi connectivity index (χ1) is 13.6. The number of carboxylic acid groups (broad SMARTS) is 1. The van der Waals surface area contributed by atoms with Gasteiger partial charge in [0.05, 0.1) is 12.7 Å². The van der Waals surface area contributed by atoms with Gasteiger partial charge >= 0.3 is 5.97 Å². The maximum atomic E-state index is 11.9. The number of ether oxygens (including phenoxy) is 2. The van der Waals surface area contributed by atoms with Crippen LogP contribution in [0.15, 0.2) is 36.4 Å². The molecule has 3 N–H and O–H groups in total. The number of hydrogen-bond donors (Lipinski definition) is 3. The van der Waals surface area contributed by atoms with Crippen LogP contribution in [0.25, 0.3) is 0 Å². The van der Waals surface area contributed by atoms with E-state index in [0.717, 1.165) is 16.8 Å². The van der Waals surface area contributed by atoms with Crippen molar-refractivity contribution in [3.05, 3.63) is 53.1 Å². The van der Waals surface area contributed by atoms with Crippen LogP contribution in [-0.2, 0) is 11.3 Å². The van der Waals surface area contributed by atoms with Crippen LogP contribution in [0.4, 0.5) is 5.69 Å². The molecule has 2 aromatic carbocycles. The third kappa shape index (κ3) is 6.71. The van der Waals surface area contributed by atoms with Crippen LogP contribution in [0.3, 0.4) is 0 Å². The average Bonchev–Trinajstić information content (AvgIpc) is 2.64. The molecule has 0 saturated heterocycles. The van der Waals surface area contributed by atoms with E-state index in [0.29, 0.717) is 18.0 Å². The average molecular weight is 400 g/mol. The lowest BCUT2D eigenvalue weighted by molar-refractivity contribution is -0.124. The van der Waals surface area contributed by atoms with Crippen molar-refractivity contribution in [3.8, 4) is 11.5 Å². The Morgan fingerprint density at radius 1 is 1.07 bits per heavy atom.